The van der Waals surface area contributed by atoms with Crippen molar-refractivity contribution < 1.29 is 18.7 Å². The van der Waals surface area contributed by atoms with Gasteiger partial charge in [-0.25, -0.2) is 4.39 Å². The van der Waals surface area contributed by atoms with Gasteiger partial charge in [-0.3, -0.25) is 9.59 Å². The Bertz CT molecular complexity index is 856. The molecule has 1 N–H and O–H groups in total. The molecule has 0 aromatic heterocycles. The average Bonchev–Trinajstić information content (AvgIpc) is 2.69. The van der Waals surface area contributed by atoms with E-state index in [9.17, 15) is 14.0 Å². The third-order valence-electron chi connectivity index (χ3n) is 4.29. The summed E-state index contributed by atoms with van der Waals surface area (Å²) in [4.78, 5) is 27.3. The number of nitrogens with one attached hydrogen (secondary N) is 1. The fraction of sp³-hybridized carbons (Fsp3) is 0.238. The van der Waals surface area contributed by atoms with E-state index in [2.05, 4.69) is 5.32 Å². The van der Waals surface area contributed by atoms with Crippen LogP contribution in [0.25, 0.3) is 6.08 Å². The molecule has 0 bridgehead atoms. The van der Waals surface area contributed by atoms with Crippen molar-refractivity contribution in [1.29, 1.82) is 0 Å². The molecule has 2 aromatic carbocycles. The number of aryl methyl sites for hydroxylation is 1. The molecule has 3 rings (SSSR count). The predicted octanol–water partition coefficient (Wildman–Crippen LogP) is 3.02. The van der Waals surface area contributed by atoms with Crippen LogP contribution >= 0.6 is 0 Å². The molecule has 0 radical (unpaired) electrons. The minimum Gasteiger partial charge on any atom is -0.378 e. The number of carbonyl (C=O) groups excluding carboxylic acids is 2. The number of ether oxygens (including phenoxy) is 1. The lowest BCUT2D eigenvalue weighted by Crippen LogP contribution is -2.43. The number of morpholine rings is 1. The first-order valence-electron chi connectivity index (χ1n) is 8.76. The van der Waals surface area contributed by atoms with Crippen LogP contribution in [0.4, 0.5) is 10.1 Å². The third-order valence-corrected chi connectivity index (χ3v) is 4.29. The summed E-state index contributed by atoms with van der Waals surface area (Å²) < 4.78 is 19.3. The molecule has 2 amide bonds. The van der Waals surface area contributed by atoms with Crippen molar-refractivity contribution in [2.75, 3.05) is 31.6 Å². The Balaban J connectivity index is 1.90. The number of hydrogen-bond acceptors (Lipinski definition) is 3. The molecule has 0 unspecified atom stereocenters. The van der Waals surface area contributed by atoms with Crippen LogP contribution in [0.5, 0.6) is 0 Å². The van der Waals surface area contributed by atoms with E-state index >= 15 is 0 Å². The van der Waals surface area contributed by atoms with Gasteiger partial charge in [-0.05, 0) is 31.2 Å². The van der Waals surface area contributed by atoms with Crippen molar-refractivity contribution in [2.45, 2.75) is 6.92 Å². The minimum absolute atomic E-state index is 0.109. The highest BCUT2D eigenvalue weighted by atomic mass is 19.1. The maximum Gasteiger partial charge on any atom is 0.261 e. The second kappa shape index (κ2) is 8.60. The second-order valence-electron chi connectivity index (χ2n) is 6.30. The number of rotatable bonds is 4. The number of halogens is 1. The Morgan fingerprint density at radius 3 is 2.41 bits per heavy atom. The van der Waals surface area contributed by atoms with Gasteiger partial charge in [0.15, 0.2) is 0 Å². The SMILES string of the molecule is Cc1ccc(NC(=O)/C(=C/c2ccccc2F)C(=O)N2CCOCC2)cc1. The molecule has 1 saturated heterocycles. The fourth-order valence-corrected chi connectivity index (χ4v) is 2.74. The van der Waals surface area contributed by atoms with Crippen LogP contribution in [-0.4, -0.2) is 43.0 Å². The molecule has 5 nitrogen and oxygen atoms in total. The van der Waals surface area contributed by atoms with Crippen LogP contribution in [0.1, 0.15) is 11.1 Å². The third kappa shape index (κ3) is 4.80. The molecular formula is C21H21FN2O3. The van der Waals surface area contributed by atoms with Gasteiger partial charge in [0.25, 0.3) is 11.8 Å². The molecule has 0 spiro atoms. The van der Waals surface area contributed by atoms with E-state index in [1.807, 2.05) is 19.1 Å². The minimum atomic E-state index is -0.571. The number of nitrogens with zero attached hydrogens (tertiary/aromatic N) is 1. The van der Waals surface area contributed by atoms with Crippen molar-refractivity contribution in [2.24, 2.45) is 0 Å². The van der Waals surface area contributed by atoms with Gasteiger partial charge < -0.3 is 15.0 Å². The summed E-state index contributed by atoms with van der Waals surface area (Å²) in [5.74, 6) is -1.50. The van der Waals surface area contributed by atoms with E-state index in [0.717, 1.165) is 5.56 Å². The molecule has 1 aliphatic rings. The standard InChI is InChI=1S/C21H21FN2O3/c1-15-6-8-17(9-7-15)23-20(25)18(14-16-4-2-3-5-19(16)22)21(26)24-10-12-27-13-11-24/h2-9,14H,10-13H2,1H3,(H,23,25)/b18-14-. The van der Waals surface area contributed by atoms with Gasteiger partial charge in [-0.1, -0.05) is 35.9 Å². The van der Waals surface area contributed by atoms with Crippen LogP contribution in [-0.2, 0) is 14.3 Å². The quantitative estimate of drug-likeness (QED) is 0.513. The van der Waals surface area contributed by atoms with Crippen LogP contribution in [0, 0.1) is 12.7 Å². The van der Waals surface area contributed by atoms with Crippen LogP contribution < -0.4 is 5.32 Å². The number of amides is 2. The summed E-state index contributed by atoms with van der Waals surface area (Å²) in [5, 5.41) is 2.72. The molecule has 1 heterocycles. The molecular weight excluding hydrogens is 347 g/mol. The van der Waals surface area contributed by atoms with Gasteiger partial charge in [0.05, 0.1) is 13.2 Å². The largest absolute Gasteiger partial charge is 0.378 e. The predicted molar refractivity (Wildman–Crippen MR) is 102 cm³/mol. The van der Waals surface area contributed by atoms with E-state index in [4.69, 9.17) is 4.74 Å². The summed E-state index contributed by atoms with van der Waals surface area (Å²) in [5.41, 5.74) is 1.70. The van der Waals surface area contributed by atoms with Crippen molar-refractivity contribution in [3.05, 3.63) is 71.0 Å². The zero-order valence-corrected chi connectivity index (χ0v) is 15.1. The molecule has 27 heavy (non-hydrogen) atoms. The smallest absolute Gasteiger partial charge is 0.261 e. The number of hydrogen-bond donors (Lipinski definition) is 1. The highest BCUT2D eigenvalue weighted by molar-refractivity contribution is 6.25. The van der Waals surface area contributed by atoms with E-state index < -0.39 is 17.6 Å². The molecule has 2 aromatic rings. The first-order chi connectivity index (χ1) is 13.0. The summed E-state index contributed by atoms with van der Waals surface area (Å²) in [6, 6.07) is 13.3. The Morgan fingerprint density at radius 1 is 1.07 bits per heavy atom. The highest BCUT2D eigenvalue weighted by Crippen LogP contribution is 2.17. The van der Waals surface area contributed by atoms with E-state index in [1.165, 1.54) is 18.2 Å². The Kier molecular flexibility index (Phi) is 5.98. The lowest BCUT2D eigenvalue weighted by Gasteiger charge is -2.27. The summed E-state index contributed by atoms with van der Waals surface area (Å²) in [6.45, 7) is 3.56. The monoisotopic (exact) mass is 368 g/mol. The van der Waals surface area contributed by atoms with Gasteiger partial charge in [0.2, 0.25) is 0 Å². The number of anilines is 1. The summed E-state index contributed by atoms with van der Waals surface area (Å²) in [7, 11) is 0. The van der Waals surface area contributed by atoms with Gasteiger partial charge in [-0.15, -0.1) is 0 Å². The average molecular weight is 368 g/mol. The zero-order chi connectivity index (χ0) is 19.2. The lowest BCUT2D eigenvalue weighted by molar-refractivity contribution is -0.132. The Labute approximate surface area is 157 Å². The van der Waals surface area contributed by atoms with Gasteiger partial charge in [-0.2, -0.15) is 0 Å². The van der Waals surface area contributed by atoms with Crippen LogP contribution in [0.15, 0.2) is 54.1 Å². The lowest BCUT2D eigenvalue weighted by atomic mass is 10.1. The van der Waals surface area contributed by atoms with Crippen molar-refractivity contribution in [3.8, 4) is 0 Å². The second-order valence-corrected chi connectivity index (χ2v) is 6.30. The first-order valence-corrected chi connectivity index (χ1v) is 8.76. The molecule has 0 atom stereocenters. The maximum atomic E-state index is 14.1. The van der Waals surface area contributed by atoms with E-state index in [0.29, 0.717) is 32.0 Å². The highest BCUT2D eigenvalue weighted by Gasteiger charge is 2.26. The molecule has 140 valence electrons. The first kappa shape index (κ1) is 18.8. The van der Waals surface area contributed by atoms with Crippen molar-refractivity contribution >= 4 is 23.6 Å². The Hall–Kier alpha value is -2.99. The molecule has 1 aliphatic heterocycles. The van der Waals surface area contributed by atoms with Crippen molar-refractivity contribution in [3.63, 3.8) is 0 Å². The Morgan fingerprint density at radius 2 is 1.74 bits per heavy atom. The van der Waals surface area contributed by atoms with E-state index in [-0.39, 0.29) is 11.1 Å². The van der Waals surface area contributed by atoms with Gasteiger partial charge >= 0.3 is 0 Å². The molecule has 6 heteroatoms. The maximum absolute atomic E-state index is 14.1. The van der Waals surface area contributed by atoms with Crippen LogP contribution in [0.2, 0.25) is 0 Å². The molecule has 0 aliphatic carbocycles. The fourth-order valence-electron chi connectivity index (χ4n) is 2.74. The molecule has 1 fully saturated rings. The summed E-state index contributed by atoms with van der Waals surface area (Å²) in [6.07, 6.45) is 1.30. The zero-order valence-electron chi connectivity index (χ0n) is 15.1. The summed E-state index contributed by atoms with van der Waals surface area (Å²) >= 11 is 0. The topological polar surface area (TPSA) is 58.6 Å². The van der Waals surface area contributed by atoms with E-state index in [1.54, 1.807) is 29.2 Å². The van der Waals surface area contributed by atoms with Crippen LogP contribution in [0.3, 0.4) is 0 Å². The number of benzene rings is 2. The van der Waals surface area contributed by atoms with Crippen molar-refractivity contribution in [1.82, 2.24) is 4.90 Å². The number of carbonyl (C=O) groups is 2. The van der Waals surface area contributed by atoms with Gasteiger partial charge in [0, 0.05) is 24.3 Å². The van der Waals surface area contributed by atoms with Gasteiger partial charge in [0.1, 0.15) is 11.4 Å². The normalized spacial score (nSPS) is 14.7. The molecule has 0 saturated carbocycles.